The number of aromatic nitrogens is 1. The van der Waals surface area contributed by atoms with Crippen molar-refractivity contribution in [3.05, 3.63) is 23.0 Å². The first kappa shape index (κ1) is 15.1. The minimum absolute atomic E-state index is 0.00579. The molecule has 0 bridgehead atoms. The summed E-state index contributed by atoms with van der Waals surface area (Å²) in [5, 5.41) is 12.4. The zero-order valence-electron chi connectivity index (χ0n) is 10.9. The molecule has 0 aliphatic carbocycles. The van der Waals surface area contributed by atoms with E-state index >= 15 is 0 Å². The molecule has 0 spiro atoms. The van der Waals surface area contributed by atoms with Gasteiger partial charge in [-0.1, -0.05) is 25.4 Å². The van der Waals surface area contributed by atoms with Gasteiger partial charge in [-0.25, -0.2) is 0 Å². The summed E-state index contributed by atoms with van der Waals surface area (Å²) in [4.78, 5) is 12.1. The molecule has 0 saturated heterocycles. The lowest BCUT2D eigenvalue weighted by molar-refractivity contribution is 0.0919. The summed E-state index contributed by atoms with van der Waals surface area (Å²) in [5.74, 6) is -0.129. The normalized spacial score (nSPS) is 12.4. The molecule has 0 aliphatic rings. The van der Waals surface area contributed by atoms with E-state index in [0.29, 0.717) is 17.1 Å². The van der Waals surface area contributed by atoms with E-state index in [1.165, 1.54) is 0 Å². The van der Waals surface area contributed by atoms with Crippen LogP contribution in [0, 0.1) is 0 Å². The van der Waals surface area contributed by atoms with Crippen molar-refractivity contribution in [1.82, 2.24) is 9.88 Å². The van der Waals surface area contributed by atoms with Crippen molar-refractivity contribution < 1.29 is 9.90 Å². The third kappa shape index (κ3) is 4.03. The topological polar surface area (TPSA) is 54.3 Å². The molecule has 1 rings (SSSR count). The van der Waals surface area contributed by atoms with E-state index in [1.54, 1.807) is 12.3 Å². The average Bonchev–Trinajstić information content (AvgIpc) is 2.70. The maximum Gasteiger partial charge on any atom is 0.268 e. The summed E-state index contributed by atoms with van der Waals surface area (Å²) >= 11 is 5.94. The van der Waals surface area contributed by atoms with Crippen LogP contribution in [-0.4, -0.2) is 28.2 Å². The lowest BCUT2D eigenvalue weighted by atomic mass is 10.1. The third-order valence-electron chi connectivity index (χ3n) is 2.87. The fraction of sp³-hybridized carbons (Fsp3) is 0.615. The number of nitrogens with one attached hydrogen (secondary N) is 1. The maximum atomic E-state index is 12.1. The minimum Gasteiger partial charge on any atom is -0.396 e. The molecule has 1 aromatic heterocycles. The lowest BCUT2D eigenvalue weighted by Gasteiger charge is -2.16. The van der Waals surface area contributed by atoms with Gasteiger partial charge in [0.2, 0.25) is 0 Å². The number of carbonyl (C=O) groups excluding carboxylic acids is 1. The Kier molecular flexibility index (Phi) is 6.22. The van der Waals surface area contributed by atoms with Crippen molar-refractivity contribution in [1.29, 1.82) is 0 Å². The van der Waals surface area contributed by atoms with Crippen molar-refractivity contribution in [2.75, 3.05) is 6.61 Å². The second-order valence-corrected chi connectivity index (χ2v) is 4.76. The first-order valence-electron chi connectivity index (χ1n) is 6.39. The van der Waals surface area contributed by atoms with Crippen LogP contribution in [-0.2, 0) is 6.54 Å². The van der Waals surface area contributed by atoms with Crippen molar-refractivity contribution in [3.63, 3.8) is 0 Å². The summed E-state index contributed by atoms with van der Waals surface area (Å²) in [7, 11) is 0. The molecule has 5 heteroatoms. The quantitative estimate of drug-likeness (QED) is 0.801. The number of hydrogen-bond acceptors (Lipinski definition) is 2. The number of halogens is 1. The molecule has 0 saturated carbocycles. The van der Waals surface area contributed by atoms with E-state index in [4.69, 9.17) is 16.7 Å². The van der Waals surface area contributed by atoms with Gasteiger partial charge in [-0.3, -0.25) is 4.79 Å². The summed E-state index contributed by atoms with van der Waals surface area (Å²) < 4.78 is 1.86. The van der Waals surface area contributed by atoms with Crippen LogP contribution in [0.5, 0.6) is 0 Å². The molecule has 1 heterocycles. The summed E-state index contributed by atoms with van der Waals surface area (Å²) in [6, 6.07) is 1.68. The molecule has 0 radical (unpaired) electrons. The Balaban J connectivity index is 2.76. The summed E-state index contributed by atoms with van der Waals surface area (Å²) in [5.41, 5.74) is 0.582. The van der Waals surface area contributed by atoms with E-state index in [2.05, 4.69) is 12.2 Å². The largest absolute Gasteiger partial charge is 0.396 e. The van der Waals surface area contributed by atoms with Crippen LogP contribution in [0.1, 0.15) is 43.6 Å². The first-order valence-corrected chi connectivity index (χ1v) is 6.77. The molecular weight excluding hydrogens is 252 g/mol. The Labute approximate surface area is 113 Å². The second-order valence-electron chi connectivity index (χ2n) is 4.33. The van der Waals surface area contributed by atoms with E-state index in [1.807, 2.05) is 11.5 Å². The number of amides is 1. The number of carbonyl (C=O) groups is 1. The number of aryl methyl sites for hydroxylation is 1. The van der Waals surface area contributed by atoms with E-state index in [0.717, 1.165) is 19.4 Å². The van der Waals surface area contributed by atoms with Crippen molar-refractivity contribution in [3.8, 4) is 0 Å². The molecule has 1 amide bonds. The highest BCUT2D eigenvalue weighted by atomic mass is 35.5. The van der Waals surface area contributed by atoms with Gasteiger partial charge in [0.15, 0.2) is 0 Å². The zero-order valence-corrected chi connectivity index (χ0v) is 11.7. The van der Waals surface area contributed by atoms with E-state index in [-0.39, 0.29) is 18.6 Å². The minimum atomic E-state index is -0.129. The van der Waals surface area contributed by atoms with Crippen molar-refractivity contribution in [2.24, 2.45) is 0 Å². The monoisotopic (exact) mass is 272 g/mol. The van der Waals surface area contributed by atoms with Gasteiger partial charge in [0, 0.05) is 25.4 Å². The van der Waals surface area contributed by atoms with E-state index in [9.17, 15) is 4.79 Å². The van der Waals surface area contributed by atoms with Gasteiger partial charge < -0.3 is 15.0 Å². The molecule has 1 aromatic rings. The summed E-state index contributed by atoms with van der Waals surface area (Å²) in [6.07, 6.45) is 4.09. The highest BCUT2D eigenvalue weighted by Gasteiger charge is 2.16. The van der Waals surface area contributed by atoms with Crippen LogP contribution < -0.4 is 5.32 Å². The van der Waals surface area contributed by atoms with Crippen LogP contribution in [0.3, 0.4) is 0 Å². The number of nitrogens with zero attached hydrogens (tertiary/aromatic N) is 1. The fourth-order valence-corrected chi connectivity index (χ4v) is 2.11. The highest BCUT2D eigenvalue weighted by molar-refractivity contribution is 6.31. The molecular formula is C13H21ClN2O2. The van der Waals surface area contributed by atoms with Crippen LogP contribution in [0.15, 0.2) is 12.3 Å². The van der Waals surface area contributed by atoms with Crippen molar-refractivity contribution >= 4 is 17.5 Å². The predicted octanol–water partition coefficient (Wildman–Crippen LogP) is 2.44. The van der Waals surface area contributed by atoms with Crippen LogP contribution in [0.4, 0.5) is 0 Å². The summed E-state index contributed by atoms with van der Waals surface area (Å²) in [6.45, 7) is 4.89. The van der Waals surface area contributed by atoms with Gasteiger partial charge in [0.1, 0.15) is 5.69 Å². The van der Waals surface area contributed by atoms with Gasteiger partial charge in [0.05, 0.1) is 5.02 Å². The molecule has 102 valence electrons. The van der Waals surface area contributed by atoms with Gasteiger partial charge in [-0.05, 0) is 25.3 Å². The number of aliphatic hydroxyl groups is 1. The van der Waals surface area contributed by atoms with Gasteiger partial charge in [0.25, 0.3) is 5.91 Å². The molecule has 2 N–H and O–H groups in total. The van der Waals surface area contributed by atoms with Gasteiger partial charge >= 0.3 is 0 Å². The molecule has 0 fully saturated rings. The van der Waals surface area contributed by atoms with Crippen molar-refractivity contribution in [2.45, 2.75) is 45.7 Å². The van der Waals surface area contributed by atoms with Crippen LogP contribution >= 0.6 is 11.6 Å². The molecule has 0 aliphatic heterocycles. The molecule has 1 atom stereocenters. The number of hydrogen-bond donors (Lipinski definition) is 2. The smallest absolute Gasteiger partial charge is 0.268 e. The Hall–Kier alpha value is -1.00. The second kappa shape index (κ2) is 7.44. The number of aliphatic hydroxyl groups excluding tert-OH is 1. The van der Waals surface area contributed by atoms with Crippen LogP contribution in [0.2, 0.25) is 5.02 Å². The highest BCUT2D eigenvalue weighted by Crippen LogP contribution is 2.15. The van der Waals surface area contributed by atoms with Crippen LogP contribution in [0.25, 0.3) is 0 Å². The van der Waals surface area contributed by atoms with Gasteiger partial charge in [-0.15, -0.1) is 0 Å². The number of rotatable bonds is 7. The third-order valence-corrected chi connectivity index (χ3v) is 3.07. The molecule has 18 heavy (non-hydrogen) atoms. The maximum absolute atomic E-state index is 12.1. The standard InChI is InChI=1S/C13H21ClN2O2/c1-3-6-16-9-10(14)8-12(16)13(18)15-11(4-2)5-7-17/h8-9,11,17H,3-7H2,1-2H3,(H,15,18). The Bertz CT molecular complexity index is 390. The fourth-order valence-electron chi connectivity index (χ4n) is 1.88. The Morgan fingerprint density at radius 3 is 2.83 bits per heavy atom. The lowest BCUT2D eigenvalue weighted by Crippen LogP contribution is -2.36. The molecule has 0 aromatic carbocycles. The van der Waals surface area contributed by atoms with E-state index < -0.39 is 0 Å². The average molecular weight is 273 g/mol. The predicted molar refractivity (Wildman–Crippen MR) is 73.0 cm³/mol. The first-order chi connectivity index (χ1) is 8.62. The van der Waals surface area contributed by atoms with Gasteiger partial charge in [-0.2, -0.15) is 0 Å². The Morgan fingerprint density at radius 2 is 2.28 bits per heavy atom. The Morgan fingerprint density at radius 1 is 1.56 bits per heavy atom. The SMILES string of the molecule is CCCn1cc(Cl)cc1C(=O)NC(CC)CCO. The molecule has 1 unspecified atom stereocenters. The zero-order chi connectivity index (χ0) is 13.5. The molecule has 4 nitrogen and oxygen atoms in total.